The third kappa shape index (κ3) is 5.01. The lowest BCUT2D eigenvalue weighted by molar-refractivity contribution is -0.110. The van der Waals surface area contributed by atoms with E-state index in [1.807, 2.05) is 36.4 Å². The zero-order chi connectivity index (χ0) is 13.2. The van der Waals surface area contributed by atoms with E-state index in [4.69, 9.17) is 0 Å². The molecule has 0 saturated carbocycles. The molecule has 18 heavy (non-hydrogen) atoms. The highest BCUT2D eigenvalue weighted by molar-refractivity contribution is 6.08. The Bertz CT molecular complexity index is 457. The van der Waals surface area contributed by atoms with Gasteiger partial charge in [-0.2, -0.15) is 0 Å². The highest BCUT2D eigenvalue weighted by atomic mass is 16.1. The summed E-state index contributed by atoms with van der Waals surface area (Å²) in [6.07, 6.45) is 5.85. The van der Waals surface area contributed by atoms with Crippen LogP contribution in [0.1, 0.15) is 45.1 Å². The van der Waals surface area contributed by atoms with Gasteiger partial charge in [0.1, 0.15) is 0 Å². The molecule has 0 unspecified atom stereocenters. The largest absolute Gasteiger partial charge is 0.280 e. The molecule has 1 heteroatoms. The summed E-state index contributed by atoms with van der Waals surface area (Å²) < 4.78 is 0. The van der Waals surface area contributed by atoms with E-state index < -0.39 is 0 Å². The van der Waals surface area contributed by atoms with Gasteiger partial charge in [-0.1, -0.05) is 56.9 Å². The first-order chi connectivity index (χ1) is 8.77. The van der Waals surface area contributed by atoms with Crippen molar-refractivity contribution in [2.24, 2.45) is 0 Å². The summed E-state index contributed by atoms with van der Waals surface area (Å²) >= 11 is 0. The van der Waals surface area contributed by atoms with Crippen molar-refractivity contribution < 1.29 is 4.79 Å². The second-order valence-electron chi connectivity index (χ2n) is 4.21. The molecule has 0 heterocycles. The quantitative estimate of drug-likeness (QED) is 0.558. The molecule has 0 spiro atoms. The molecule has 0 amide bonds. The Morgan fingerprint density at radius 2 is 1.89 bits per heavy atom. The van der Waals surface area contributed by atoms with Crippen LogP contribution in [-0.2, 0) is 4.79 Å². The maximum atomic E-state index is 12.0. The van der Waals surface area contributed by atoms with E-state index in [1.165, 1.54) is 0 Å². The van der Waals surface area contributed by atoms with E-state index in [0.717, 1.165) is 36.8 Å². The van der Waals surface area contributed by atoms with E-state index in [9.17, 15) is 4.79 Å². The van der Waals surface area contributed by atoms with Gasteiger partial charge in [0, 0.05) is 11.1 Å². The highest BCUT2D eigenvalue weighted by Gasteiger charge is 2.04. The van der Waals surface area contributed by atoms with Crippen LogP contribution < -0.4 is 0 Å². The minimum atomic E-state index is -0.0332. The van der Waals surface area contributed by atoms with E-state index in [0.29, 0.717) is 0 Å². The number of hydrogen-bond acceptors (Lipinski definition) is 1. The first-order valence-electron chi connectivity index (χ1n) is 6.58. The monoisotopic (exact) mass is 240 g/mol. The molecule has 0 atom stereocenters. The lowest BCUT2D eigenvalue weighted by Gasteiger charge is -1.99. The summed E-state index contributed by atoms with van der Waals surface area (Å²) in [5.41, 5.74) is 1.75. The molecule has 0 aliphatic heterocycles. The van der Waals surface area contributed by atoms with Gasteiger partial charge in [-0.05, 0) is 30.9 Å². The molecule has 0 radical (unpaired) electrons. The first-order valence-corrected chi connectivity index (χ1v) is 6.58. The molecule has 0 aliphatic rings. The SMILES string of the molecule is CCC/C=C(\CCC)C(=O)C#Cc1ccccc1. The van der Waals surface area contributed by atoms with Crippen molar-refractivity contribution in [1.29, 1.82) is 0 Å². The zero-order valence-electron chi connectivity index (χ0n) is 11.2. The van der Waals surface area contributed by atoms with Crippen molar-refractivity contribution in [2.75, 3.05) is 0 Å². The molecule has 0 bridgehead atoms. The molecule has 1 aromatic rings. The fourth-order valence-corrected chi connectivity index (χ4v) is 1.63. The number of carbonyl (C=O) groups excluding carboxylic acids is 1. The highest BCUT2D eigenvalue weighted by Crippen LogP contribution is 2.08. The first kappa shape index (κ1) is 14.3. The third-order valence-corrected chi connectivity index (χ3v) is 2.58. The van der Waals surface area contributed by atoms with Crippen molar-refractivity contribution in [3.63, 3.8) is 0 Å². The van der Waals surface area contributed by atoms with Crippen LogP contribution in [0.25, 0.3) is 0 Å². The van der Waals surface area contributed by atoms with Gasteiger partial charge >= 0.3 is 0 Å². The minimum absolute atomic E-state index is 0.0332. The predicted molar refractivity (Wildman–Crippen MR) is 76.2 cm³/mol. The smallest absolute Gasteiger partial charge is 0.231 e. The van der Waals surface area contributed by atoms with Crippen molar-refractivity contribution in [1.82, 2.24) is 0 Å². The standard InChI is InChI=1S/C17H20O/c1-3-5-12-16(9-4-2)17(18)14-13-15-10-7-6-8-11-15/h6-8,10-12H,3-5,9H2,1-2H3/b16-12+. The summed E-state index contributed by atoms with van der Waals surface area (Å²) in [6, 6.07) is 9.62. The molecule has 1 rings (SSSR count). The number of benzene rings is 1. The lowest BCUT2D eigenvalue weighted by Crippen LogP contribution is -1.99. The molecule has 0 fully saturated rings. The van der Waals surface area contributed by atoms with E-state index in [-0.39, 0.29) is 5.78 Å². The molecule has 0 aliphatic carbocycles. The number of carbonyl (C=O) groups is 1. The van der Waals surface area contributed by atoms with Gasteiger partial charge in [0.2, 0.25) is 5.78 Å². The van der Waals surface area contributed by atoms with Crippen LogP contribution in [0.5, 0.6) is 0 Å². The van der Waals surface area contributed by atoms with E-state index in [2.05, 4.69) is 25.7 Å². The number of ketones is 1. The summed E-state index contributed by atoms with van der Waals surface area (Å²) in [7, 11) is 0. The fourth-order valence-electron chi connectivity index (χ4n) is 1.63. The van der Waals surface area contributed by atoms with Crippen molar-refractivity contribution >= 4 is 5.78 Å². The Morgan fingerprint density at radius 3 is 2.50 bits per heavy atom. The Balaban J connectivity index is 2.76. The number of unbranched alkanes of at least 4 members (excludes halogenated alkanes) is 1. The molecule has 0 N–H and O–H groups in total. The van der Waals surface area contributed by atoms with Gasteiger partial charge < -0.3 is 0 Å². The van der Waals surface area contributed by atoms with Crippen LogP contribution in [0.2, 0.25) is 0 Å². The molecule has 1 aromatic carbocycles. The Morgan fingerprint density at radius 1 is 1.17 bits per heavy atom. The van der Waals surface area contributed by atoms with Gasteiger partial charge in [-0.3, -0.25) is 4.79 Å². The zero-order valence-corrected chi connectivity index (χ0v) is 11.2. The van der Waals surface area contributed by atoms with E-state index >= 15 is 0 Å². The van der Waals surface area contributed by atoms with Crippen molar-refractivity contribution in [3.8, 4) is 11.8 Å². The van der Waals surface area contributed by atoms with Crippen LogP contribution in [0.15, 0.2) is 42.0 Å². The second kappa shape index (κ2) is 8.31. The maximum Gasteiger partial charge on any atom is 0.231 e. The summed E-state index contributed by atoms with van der Waals surface area (Å²) in [6.45, 7) is 4.19. The van der Waals surface area contributed by atoms with Gasteiger partial charge in [-0.15, -0.1) is 0 Å². The van der Waals surface area contributed by atoms with E-state index in [1.54, 1.807) is 0 Å². The normalized spacial score (nSPS) is 10.7. The molecule has 94 valence electrons. The number of Topliss-reactive ketones (excluding diaryl/α,β-unsaturated/α-hetero) is 1. The lowest BCUT2D eigenvalue weighted by atomic mass is 10.0. The molecule has 0 aromatic heterocycles. The number of hydrogen-bond donors (Lipinski definition) is 0. The number of allylic oxidation sites excluding steroid dienone is 2. The Kier molecular flexibility index (Phi) is 6.58. The Hall–Kier alpha value is -1.81. The van der Waals surface area contributed by atoms with Crippen LogP contribution >= 0.6 is 0 Å². The topological polar surface area (TPSA) is 17.1 Å². The van der Waals surface area contributed by atoms with Crippen molar-refractivity contribution in [2.45, 2.75) is 39.5 Å². The molecule has 0 saturated heterocycles. The van der Waals surface area contributed by atoms with Crippen molar-refractivity contribution in [3.05, 3.63) is 47.5 Å². The second-order valence-corrected chi connectivity index (χ2v) is 4.21. The van der Waals surface area contributed by atoms with Crippen LogP contribution in [0.4, 0.5) is 0 Å². The third-order valence-electron chi connectivity index (χ3n) is 2.58. The average Bonchev–Trinajstić information content (AvgIpc) is 2.42. The summed E-state index contributed by atoms with van der Waals surface area (Å²) in [5.74, 6) is 5.62. The molecular weight excluding hydrogens is 220 g/mol. The van der Waals surface area contributed by atoms with Gasteiger partial charge in [0.05, 0.1) is 0 Å². The summed E-state index contributed by atoms with van der Waals surface area (Å²) in [4.78, 5) is 12.0. The van der Waals surface area contributed by atoms with Gasteiger partial charge in [0.25, 0.3) is 0 Å². The average molecular weight is 240 g/mol. The summed E-state index contributed by atoms with van der Waals surface area (Å²) in [5, 5.41) is 0. The Labute approximate surface area is 110 Å². The van der Waals surface area contributed by atoms with Crippen LogP contribution in [0.3, 0.4) is 0 Å². The maximum absolute atomic E-state index is 12.0. The number of rotatable bonds is 5. The predicted octanol–water partition coefficient (Wildman–Crippen LogP) is 4.13. The minimum Gasteiger partial charge on any atom is -0.280 e. The van der Waals surface area contributed by atoms with Gasteiger partial charge in [0.15, 0.2) is 0 Å². The molecular formula is C17H20O. The molecule has 1 nitrogen and oxygen atoms in total. The van der Waals surface area contributed by atoms with Crippen LogP contribution in [0, 0.1) is 11.8 Å². The van der Waals surface area contributed by atoms with Crippen LogP contribution in [-0.4, -0.2) is 5.78 Å². The fraction of sp³-hybridized carbons (Fsp3) is 0.353. The van der Waals surface area contributed by atoms with Gasteiger partial charge in [-0.25, -0.2) is 0 Å².